The molecule has 2 aromatic rings. The second-order valence-electron chi connectivity index (χ2n) is 3.70. The number of aromatic carboxylic acids is 1. The van der Waals surface area contributed by atoms with E-state index in [-0.39, 0.29) is 5.69 Å². The minimum absolute atomic E-state index is 0.0371. The molecule has 0 saturated heterocycles. The first kappa shape index (κ1) is 11.6. The molecule has 86 valence electrons. The number of rotatable bonds is 2. The fourth-order valence-electron chi connectivity index (χ4n) is 1.55. The Bertz CT molecular complexity index is 581. The summed E-state index contributed by atoms with van der Waals surface area (Å²) in [6.07, 6.45) is 1.49. The molecule has 1 N–H and O–H groups in total. The lowest BCUT2D eigenvalue weighted by Crippen LogP contribution is -1.99. The van der Waals surface area contributed by atoms with Crippen molar-refractivity contribution in [2.75, 3.05) is 0 Å². The van der Waals surface area contributed by atoms with E-state index in [1.165, 1.54) is 6.20 Å². The highest BCUT2D eigenvalue weighted by Gasteiger charge is 2.07. The molecule has 1 aromatic heterocycles. The highest BCUT2D eigenvalue weighted by molar-refractivity contribution is 6.31. The molecule has 1 heterocycles. The Morgan fingerprint density at radius 1 is 1.24 bits per heavy atom. The normalized spacial score (nSPS) is 10.2. The maximum Gasteiger partial charge on any atom is 0.354 e. The van der Waals surface area contributed by atoms with Crippen LogP contribution in [0.5, 0.6) is 0 Å². The smallest absolute Gasteiger partial charge is 0.354 e. The van der Waals surface area contributed by atoms with E-state index < -0.39 is 5.97 Å². The zero-order valence-electron chi connectivity index (χ0n) is 9.14. The minimum atomic E-state index is -1.03. The predicted molar refractivity (Wildman–Crippen MR) is 66.4 cm³/mol. The van der Waals surface area contributed by atoms with Crippen molar-refractivity contribution in [3.63, 3.8) is 0 Å². The van der Waals surface area contributed by atoms with Crippen LogP contribution in [-0.4, -0.2) is 16.1 Å². The van der Waals surface area contributed by atoms with Gasteiger partial charge in [0, 0.05) is 11.2 Å². The van der Waals surface area contributed by atoms with Crippen molar-refractivity contribution in [2.24, 2.45) is 0 Å². The molecule has 0 aliphatic heterocycles. The summed E-state index contributed by atoms with van der Waals surface area (Å²) in [5, 5.41) is 9.57. The lowest BCUT2D eigenvalue weighted by atomic mass is 10.0. The Balaban J connectivity index is 2.49. The summed E-state index contributed by atoms with van der Waals surface area (Å²) >= 11 is 5.94. The first-order chi connectivity index (χ1) is 8.08. The van der Waals surface area contributed by atoms with Gasteiger partial charge in [0.1, 0.15) is 5.69 Å². The average Bonchev–Trinajstić information content (AvgIpc) is 2.33. The zero-order valence-corrected chi connectivity index (χ0v) is 9.90. The van der Waals surface area contributed by atoms with E-state index >= 15 is 0 Å². The second-order valence-corrected chi connectivity index (χ2v) is 4.11. The van der Waals surface area contributed by atoms with Crippen LogP contribution in [0.2, 0.25) is 5.02 Å². The van der Waals surface area contributed by atoms with E-state index in [9.17, 15) is 4.79 Å². The van der Waals surface area contributed by atoms with Crippen LogP contribution in [0.4, 0.5) is 0 Å². The average molecular weight is 248 g/mol. The van der Waals surface area contributed by atoms with Gasteiger partial charge in [0.15, 0.2) is 0 Å². The third-order valence-corrected chi connectivity index (χ3v) is 2.89. The highest BCUT2D eigenvalue weighted by Crippen LogP contribution is 2.24. The van der Waals surface area contributed by atoms with Crippen LogP contribution in [-0.2, 0) is 0 Å². The van der Waals surface area contributed by atoms with Gasteiger partial charge in [-0.1, -0.05) is 17.7 Å². The van der Waals surface area contributed by atoms with Gasteiger partial charge in [0.25, 0.3) is 0 Å². The van der Waals surface area contributed by atoms with Gasteiger partial charge >= 0.3 is 5.97 Å². The largest absolute Gasteiger partial charge is 0.477 e. The Hall–Kier alpha value is -1.87. The number of carboxylic acids is 1. The molecular weight excluding hydrogens is 238 g/mol. The second kappa shape index (κ2) is 4.55. The first-order valence-electron chi connectivity index (χ1n) is 5.04. The summed E-state index contributed by atoms with van der Waals surface area (Å²) in [5.41, 5.74) is 2.74. The van der Waals surface area contributed by atoms with Gasteiger partial charge in [0.05, 0.1) is 0 Å². The van der Waals surface area contributed by atoms with Crippen molar-refractivity contribution >= 4 is 17.6 Å². The summed E-state index contributed by atoms with van der Waals surface area (Å²) in [5.74, 6) is -1.03. The fourth-order valence-corrected chi connectivity index (χ4v) is 1.67. The summed E-state index contributed by atoms with van der Waals surface area (Å²) < 4.78 is 0. The van der Waals surface area contributed by atoms with Crippen molar-refractivity contribution in [3.05, 3.63) is 52.8 Å². The van der Waals surface area contributed by atoms with Crippen molar-refractivity contribution in [1.82, 2.24) is 4.98 Å². The molecule has 0 amide bonds. The molecule has 4 heteroatoms. The topological polar surface area (TPSA) is 50.2 Å². The molecule has 0 aliphatic carbocycles. The first-order valence-corrected chi connectivity index (χ1v) is 5.41. The highest BCUT2D eigenvalue weighted by atomic mass is 35.5. The van der Waals surface area contributed by atoms with Crippen LogP contribution in [0.15, 0.2) is 36.5 Å². The quantitative estimate of drug-likeness (QED) is 0.885. The SMILES string of the molecule is Cc1cc(-c2ccnc(C(=O)O)c2)ccc1Cl. The summed E-state index contributed by atoms with van der Waals surface area (Å²) in [6, 6.07) is 8.90. The summed E-state index contributed by atoms with van der Waals surface area (Å²) in [6.45, 7) is 1.91. The third-order valence-electron chi connectivity index (χ3n) is 2.47. The predicted octanol–water partition coefficient (Wildman–Crippen LogP) is 3.41. The molecule has 0 fully saturated rings. The standard InChI is InChI=1S/C13H10ClNO2/c1-8-6-9(2-3-11(8)14)10-4-5-15-12(7-10)13(16)17/h2-7H,1H3,(H,16,17). The van der Waals surface area contributed by atoms with Crippen LogP contribution in [0, 0.1) is 6.92 Å². The van der Waals surface area contributed by atoms with Crippen molar-refractivity contribution in [3.8, 4) is 11.1 Å². The Labute approximate surface area is 104 Å². The number of halogens is 1. The molecule has 0 aliphatic rings. The molecule has 0 radical (unpaired) electrons. The molecule has 0 spiro atoms. The lowest BCUT2D eigenvalue weighted by molar-refractivity contribution is 0.0690. The van der Waals surface area contributed by atoms with Crippen LogP contribution in [0.3, 0.4) is 0 Å². The minimum Gasteiger partial charge on any atom is -0.477 e. The van der Waals surface area contributed by atoms with Gasteiger partial charge < -0.3 is 5.11 Å². The van der Waals surface area contributed by atoms with Gasteiger partial charge in [-0.2, -0.15) is 0 Å². The fraction of sp³-hybridized carbons (Fsp3) is 0.0769. The van der Waals surface area contributed by atoms with E-state index in [1.54, 1.807) is 18.2 Å². The van der Waals surface area contributed by atoms with E-state index in [4.69, 9.17) is 16.7 Å². The molecule has 1 aromatic carbocycles. The van der Waals surface area contributed by atoms with E-state index in [2.05, 4.69) is 4.98 Å². The number of carbonyl (C=O) groups is 1. The number of nitrogens with zero attached hydrogens (tertiary/aromatic N) is 1. The van der Waals surface area contributed by atoms with Gasteiger partial charge in [-0.15, -0.1) is 0 Å². The number of pyridine rings is 1. The molecule has 0 atom stereocenters. The number of aromatic nitrogens is 1. The van der Waals surface area contributed by atoms with Crippen molar-refractivity contribution < 1.29 is 9.90 Å². The molecular formula is C13H10ClNO2. The van der Waals surface area contributed by atoms with Crippen LogP contribution >= 0.6 is 11.6 Å². The molecule has 0 bridgehead atoms. The van der Waals surface area contributed by atoms with Gasteiger partial charge in [0.2, 0.25) is 0 Å². The number of carboxylic acid groups (broad SMARTS) is 1. The van der Waals surface area contributed by atoms with Crippen LogP contribution in [0.25, 0.3) is 11.1 Å². The Morgan fingerprint density at radius 3 is 2.59 bits per heavy atom. The maximum atomic E-state index is 10.8. The Morgan fingerprint density at radius 2 is 1.94 bits per heavy atom. The zero-order chi connectivity index (χ0) is 12.4. The van der Waals surface area contributed by atoms with Gasteiger partial charge in [-0.3, -0.25) is 0 Å². The van der Waals surface area contributed by atoms with E-state index in [0.29, 0.717) is 5.02 Å². The number of hydrogen-bond acceptors (Lipinski definition) is 2. The molecule has 17 heavy (non-hydrogen) atoms. The summed E-state index contributed by atoms with van der Waals surface area (Å²) in [7, 11) is 0. The molecule has 0 saturated carbocycles. The number of benzene rings is 1. The Kier molecular flexibility index (Phi) is 3.11. The third kappa shape index (κ3) is 2.45. The monoisotopic (exact) mass is 247 g/mol. The van der Waals surface area contributed by atoms with Gasteiger partial charge in [-0.05, 0) is 47.9 Å². The molecule has 3 nitrogen and oxygen atoms in total. The van der Waals surface area contributed by atoms with Crippen LogP contribution < -0.4 is 0 Å². The molecule has 0 unspecified atom stereocenters. The van der Waals surface area contributed by atoms with E-state index in [1.807, 2.05) is 19.1 Å². The number of aryl methyl sites for hydroxylation is 1. The molecule has 2 rings (SSSR count). The van der Waals surface area contributed by atoms with Crippen molar-refractivity contribution in [1.29, 1.82) is 0 Å². The maximum absolute atomic E-state index is 10.8. The van der Waals surface area contributed by atoms with E-state index in [0.717, 1.165) is 16.7 Å². The van der Waals surface area contributed by atoms with Gasteiger partial charge in [-0.25, -0.2) is 9.78 Å². The number of hydrogen-bond donors (Lipinski definition) is 1. The van der Waals surface area contributed by atoms with Crippen LogP contribution in [0.1, 0.15) is 16.1 Å². The summed E-state index contributed by atoms with van der Waals surface area (Å²) in [4.78, 5) is 14.6. The lowest BCUT2D eigenvalue weighted by Gasteiger charge is -2.05. The van der Waals surface area contributed by atoms with Crippen molar-refractivity contribution in [2.45, 2.75) is 6.92 Å².